The van der Waals surface area contributed by atoms with Gasteiger partial charge in [-0.05, 0) is 56.0 Å². The molecule has 1 fully saturated rings. The van der Waals surface area contributed by atoms with E-state index in [0.717, 1.165) is 32.9 Å². The summed E-state index contributed by atoms with van der Waals surface area (Å²) in [6.07, 6.45) is 1.42. The summed E-state index contributed by atoms with van der Waals surface area (Å²) in [6.45, 7) is 8.59. The first-order chi connectivity index (χ1) is 13.4. The normalized spacial score (nSPS) is 16.7. The molecule has 28 heavy (non-hydrogen) atoms. The number of fused-ring (bicyclic) bond motifs is 1. The second-order valence-electron chi connectivity index (χ2n) is 7.04. The standard InChI is InChI=1S/C21H22N2O3S2/c1-5-15-13(4)27-18-17(15)19(24)23(14-7-6-11(2)12(3)10-14)21(22-18)28-16-8-9-26-20(16)25/h6-7,10,16H,5,8-9H2,1-4H3/t16-/m1/s1. The van der Waals surface area contributed by atoms with Gasteiger partial charge in [-0.1, -0.05) is 24.8 Å². The van der Waals surface area contributed by atoms with Crippen LogP contribution >= 0.6 is 23.1 Å². The third-order valence-corrected chi connectivity index (χ3v) is 7.47. The maximum atomic E-state index is 13.6. The second-order valence-corrected chi connectivity index (χ2v) is 9.41. The molecule has 2 aromatic heterocycles. The molecule has 0 spiro atoms. The quantitative estimate of drug-likeness (QED) is 0.469. The number of rotatable bonds is 4. The van der Waals surface area contributed by atoms with Crippen LogP contribution in [-0.4, -0.2) is 27.4 Å². The lowest BCUT2D eigenvalue weighted by atomic mass is 10.1. The van der Waals surface area contributed by atoms with Crippen molar-refractivity contribution in [2.24, 2.45) is 0 Å². The van der Waals surface area contributed by atoms with Gasteiger partial charge in [-0.25, -0.2) is 4.98 Å². The number of nitrogens with zero attached hydrogens (tertiary/aromatic N) is 2. The molecule has 1 atom stereocenters. The Kier molecular flexibility index (Phi) is 5.05. The van der Waals surface area contributed by atoms with E-state index in [2.05, 4.69) is 6.92 Å². The Balaban J connectivity index is 1.98. The van der Waals surface area contributed by atoms with E-state index < -0.39 is 0 Å². The van der Waals surface area contributed by atoms with E-state index in [9.17, 15) is 9.59 Å². The van der Waals surface area contributed by atoms with Crippen LogP contribution in [0, 0.1) is 20.8 Å². The molecule has 0 saturated carbocycles. The van der Waals surface area contributed by atoms with Crippen molar-refractivity contribution in [1.29, 1.82) is 0 Å². The van der Waals surface area contributed by atoms with Crippen LogP contribution in [0.4, 0.5) is 0 Å². The zero-order valence-electron chi connectivity index (χ0n) is 16.4. The van der Waals surface area contributed by atoms with Crippen molar-refractivity contribution in [3.05, 3.63) is 50.1 Å². The van der Waals surface area contributed by atoms with Gasteiger partial charge in [0, 0.05) is 11.3 Å². The van der Waals surface area contributed by atoms with Crippen LogP contribution in [0.3, 0.4) is 0 Å². The molecule has 0 unspecified atom stereocenters. The lowest BCUT2D eigenvalue weighted by molar-refractivity contribution is -0.137. The number of carbonyl (C=O) groups is 1. The summed E-state index contributed by atoms with van der Waals surface area (Å²) in [4.78, 5) is 32.3. The fraction of sp³-hybridized carbons (Fsp3) is 0.381. The number of ether oxygens (including phenoxy) is 1. The molecule has 1 aliphatic rings. The van der Waals surface area contributed by atoms with Crippen molar-refractivity contribution >= 4 is 39.3 Å². The van der Waals surface area contributed by atoms with Gasteiger partial charge < -0.3 is 4.74 Å². The highest BCUT2D eigenvalue weighted by molar-refractivity contribution is 8.00. The van der Waals surface area contributed by atoms with E-state index in [1.165, 1.54) is 17.3 Å². The van der Waals surface area contributed by atoms with Crippen LogP contribution in [0.2, 0.25) is 0 Å². The fourth-order valence-corrected chi connectivity index (χ4v) is 5.74. The number of aryl methyl sites for hydroxylation is 4. The largest absolute Gasteiger partial charge is 0.465 e. The van der Waals surface area contributed by atoms with Crippen LogP contribution in [0.25, 0.3) is 15.9 Å². The molecule has 5 nitrogen and oxygen atoms in total. The van der Waals surface area contributed by atoms with Crippen LogP contribution in [0.1, 0.15) is 34.9 Å². The van der Waals surface area contributed by atoms with Crippen molar-refractivity contribution in [2.45, 2.75) is 50.9 Å². The van der Waals surface area contributed by atoms with Gasteiger partial charge in [-0.3, -0.25) is 14.2 Å². The van der Waals surface area contributed by atoms with E-state index in [0.29, 0.717) is 23.6 Å². The summed E-state index contributed by atoms with van der Waals surface area (Å²) in [5, 5.41) is 0.920. The highest BCUT2D eigenvalue weighted by Crippen LogP contribution is 2.34. The number of thioether (sulfide) groups is 1. The lowest BCUT2D eigenvalue weighted by Crippen LogP contribution is -2.23. The average molecular weight is 415 g/mol. The number of thiophene rings is 1. The van der Waals surface area contributed by atoms with Crippen molar-refractivity contribution in [1.82, 2.24) is 9.55 Å². The molecule has 1 saturated heterocycles. The van der Waals surface area contributed by atoms with Crippen LogP contribution in [-0.2, 0) is 16.0 Å². The third-order valence-electron chi connectivity index (χ3n) is 5.23. The minimum Gasteiger partial charge on any atom is -0.465 e. The third kappa shape index (κ3) is 3.16. The molecule has 0 radical (unpaired) electrons. The summed E-state index contributed by atoms with van der Waals surface area (Å²) in [5.74, 6) is -0.234. The van der Waals surface area contributed by atoms with Gasteiger partial charge in [0.25, 0.3) is 5.56 Å². The van der Waals surface area contributed by atoms with Crippen molar-refractivity contribution in [3.63, 3.8) is 0 Å². The minimum atomic E-state index is -0.325. The van der Waals surface area contributed by atoms with Gasteiger partial charge in [0.15, 0.2) is 5.16 Å². The van der Waals surface area contributed by atoms with Crippen molar-refractivity contribution in [2.75, 3.05) is 6.61 Å². The first-order valence-corrected chi connectivity index (χ1v) is 11.1. The molecular weight excluding hydrogens is 392 g/mol. The molecule has 3 heterocycles. The number of hydrogen-bond donors (Lipinski definition) is 0. The zero-order valence-corrected chi connectivity index (χ0v) is 18.0. The highest BCUT2D eigenvalue weighted by Gasteiger charge is 2.30. The first kappa shape index (κ1) is 19.2. The number of carbonyl (C=O) groups excluding carboxylic acids is 1. The smallest absolute Gasteiger partial charge is 0.319 e. The number of cyclic esters (lactones) is 1. The number of hydrogen-bond acceptors (Lipinski definition) is 6. The van der Waals surface area contributed by atoms with Crippen LogP contribution < -0.4 is 5.56 Å². The Morgan fingerprint density at radius 1 is 1.25 bits per heavy atom. The predicted molar refractivity (Wildman–Crippen MR) is 114 cm³/mol. The second kappa shape index (κ2) is 7.37. The number of benzene rings is 1. The topological polar surface area (TPSA) is 61.2 Å². The van der Waals surface area contributed by atoms with E-state index in [1.54, 1.807) is 15.9 Å². The lowest BCUT2D eigenvalue weighted by Gasteiger charge is -2.15. The number of aromatic nitrogens is 2. The molecule has 4 rings (SSSR count). The zero-order chi connectivity index (χ0) is 20.0. The molecule has 0 bridgehead atoms. The summed E-state index contributed by atoms with van der Waals surface area (Å²) < 4.78 is 6.77. The van der Waals surface area contributed by atoms with E-state index >= 15 is 0 Å². The van der Waals surface area contributed by atoms with E-state index in [1.807, 2.05) is 39.0 Å². The van der Waals surface area contributed by atoms with Gasteiger partial charge in [0.2, 0.25) is 0 Å². The average Bonchev–Trinajstić information content (AvgIpc) is 3.20. The molecule has 1 aliphatic heterocycles. The van der Waals surface area contributed by atoms with Gasteiger partial charge >= 0.3 is 5.97 Å². The van der Waals surface area contributed by atoms with Crippen LogP contribution in [0.15, 0.2) is 28.2 Å². The van der Waals surface area contributed by atoms with Gasteiger partial charge in [0.1, 0.15) is 10.1 Å². The summed E-state index contributed by atoms with van der Waals surface area (Å²) in [7, 11) is 0. The van der Waals surface area contributed by atoms with Gasteiger partial charge in [-0.2, -0.15) is 0 Å². The Morgan fingerprint density at radius 3 is 2.68 bits per heavy atom. The first-order valence-electron chi connectivity index (χ1n) is 9.36. The Labute approximate surface area is 171 Å². The molecule has 7 heteroatoms. The molecule has 0 aliphatic carbocycles. The summed E-state index contributed by atoms with van der Waals surface area (Å²) >= 11 is 2.87. The van der Waals surface area contributed by atoms with Crippen molar-refractivity contribution in [3.8, 4) is 5.69 Å². The van der Waals surface area contributed by atoms with Gasteiger partial charge in [-0.15, -0.1) is 11.3 Å². The summed E-state index contributed by atoms with van der Waals surface area (Å²) in [5.41, 5.74) is 4.05. The summed E-state index contributed by atoms with van der Waals surface area (Å²) in [6, 6.07) is 5.96. The molecule has 3 aromatic rings. The van der Waals surface area contributed by atoms with Gasteiger partial charge in [0.05, 0.1) is 17.7 Å². The maximum Gasteiger partial charge on any atom is 0.319 e. The SMILES string of the molecule is CCc1c(C)sc2nc(S[C@@H]3CCOC3=O)n(-c3ccc(C)c(C)c3)c(=O)c12. The maximum absolute atomic E-state index is 13.6. The molecule has 0 N–H and O–H groups in total. The molecule has 1 aromatic carbocycles. The van der Waals surface area contributed by atoms with Crippen molar-refractivity contribution < 1.29 is 9.53 Å². The van der Waals surface area contributed by atoms with E-state index in [4.69, 9.17) is 9.72 Å². The molecule has 146 valence electrons. The van der Waals surface area contributed by atoms with E-state index in [-0.39, 0.29) is 16.8 Å². The Hall–Kier alpha value is -2.12. The van der Waals surface area contributed by atoms with Crippen LogP contribution in [0.5, 0.6) is 0 Å². The monoisotopic (exact) mass is 414 g/mol. The Morgan fingerprint density at radius 2 is 2.04 bits per heavy atom. The molecule has 0 amide bonds. The molecular formula is C21H22N2O3S2. The Bertz CT molecular complexity index is 1150. The predicted octanol–water partition coefficient (Wildman–Crippen LogP) is 4.34. The minimum absolute atomic E-state index is 0.0664. The fourth-order valence-electron chi connectivity index (χ4n) is 3.51. The number of esters is 1. The highest BCUT2D eigenvalue weighted by atomic mass is 32.2.